The van der Waals surface area contributed by atoms with Gasteiger partial charge in [-0.05, 0) is 42.6 Å². The first-order valence-corrected chi connectivity index (χ1v) is 18.8. The van der Waals surface area contributed by atoms with Gasteiger partial charge >= 0.3 is 0 Å². The molecule has 15 heteroatoms. The highest BCUT2D eigenvalue weighted by atomic mass is 16.5. The summed E-state index contributed by atoms with van der Waals surface area (Å²) in [7, 11) is 0. The molecule has 2 fully saturated rings. The van der Waals surface area contributed by atoms with Gasteiger partial charge in [-0.15, -0.1) is 0 Å². The lowest BCUT2D eigenvalue weighted by Gasteiger charge is -2.25. The molecule has 1 aliphatic heterocycles. The second-order valence-electron chi connectivity index (χ2n) is 16.2. The van der Waals surface area contributed by atoms with Crippen molar-refractivity contribution in [2.24, 2.45) is 22.7 Å². The Morgan fingerprint density at radius 2 is 1.39 bits per heavy atom. The Morgan fingerprint density at radius 3 is 2.00 bits per heavy atom. The molecule has 0 aromatic heterocycles. The summed E-state index contributed by atoms with van der Waals surface area (Å²) in [6.45, 7) is 10.2. The minimum absolute atomic E-state index is 0.0289. The van der Waals surface area contributed by atoms with Gasteiger partial charge in [0, 0.05) is 31.2 Å². The number of ether oxygens (including phenoxy) is 1. The Balaban J connectivity index is 1.35. The smallest absolute Gasteiger partial charge is 0.243 e. The van der Waals surface area contributed by atoms with Crippen LogP contribution in [0.3, 0.4) is 0 Å². The maximum atomic E-state index is 13.1. The number of unbranched alkanes of at least 4 members (excludes halogenated alkanes) is 2. The van der Waals surface area contributed by atoms with Crippen LogP contribution in [0, 0.1) is 22.7 Å². The van der Waals surface area contributed by atoms with Gasteiger partial charge in [0.1, 0.15) is 18.9 Å². The standard InChI is InChI=1S/C39H58N6O9/c1-38(2,3)27-20-33(50)45(37(27)53)18-12-8-11-15-29(46)40-21-30(47)41-23-32(49)44-28(19-25-13-9-7-10-14-25)36(52)42-22-31(48)43-24-54-34(26-16-17-26)35(51)39(4,5)6/h7,9-10,13-14,26-28,34H,8,11-12,15-24H2,1-6H3,(H,40,46)(H,41,47)(H,42,52)(H,43,48)(H,44,49)/t27?,28-,34-/m0/s1. The maximum Gasteiger partial charge on any atom is 0.243 e. The molecule has 1 saturated carbocycles. The maximum absolute atomic E-state index is 13.1. The van der Waals surface area contributed by atoms with E-state index < -0.39 is 54.3 Å². The van der Waals surface area contributed by atoms with Crippen LogP contribution in [0.1, 0.15) is 92.1 Å². The van der Waals surface area contributed by atoms with Gasteiger partial charge in [0.15, 0.2) is 5.78 Å². The van der Waals surface area contributed by atoms with E-state index in [4.69, 9.17) is 4.74 Å². The first-order chi connectivity index (χ1) is 25.4. The van der Waals surface area contributed by atoms with E-state index >= 15 is 0 Å². The van der Waals surface area contributed by atoms with Crippen LogP contribution < -0.4 is 26.6 Å². The number of carbonyl (C=O) groups is 8. The molecule has 0 bridgehead atoms. The minimum atomic E-state index is -1.06. The fraction of sp³-hybridized carbons (Fsp3) is 0.641. The van der Waals surface area contributed by atoms with E-state index in [0.29, 0.717) is 25.8 Å². The SMILES string of the molecule is CC(C)(C)C(=O)[C@@H](OCNC(=O)CNC(=O)[C@H](Cc1ccccc1)NC(=O)CNC(=O)CNC(=O)CCCCCN1C(=O)CC(C(C)(C)C)C1=O)C1CC1. The van der Waals surface area contributed by atoms with Crippen molar-refractivity contribution in [3.05, 3.63) is 35.9 Å². The monoisotopic (exact) mass is 754 g/mol. The molecule has 1 aliphatic carbocycles. The average Bonchev–Trinajstić information content (AvgIpc) is 3.90. The van der Waals surface area contributed by atoms with E-state index in [2.05, 4.69) is 26.6 Å². The normalized spacial score (nSPS) is 17.0. The van der Waals surface area contributed by atoms with Gasteiger partial charge < -0.3 is 31.3 Å². The minimum Gasteiger partial charge on any atom is -0.350 e. The van der Waals surface area contributed by atoms with E-state index in [9.17, 15) is 38.4 Å². The Kier molecular flexibility index (Phi) is 16.3. The number of amides is 7. The van der Waals surface area contributed by atoms with Gasteiger partial charge in [0.25, 0.3) is 0 Å². The predicted molar refractivity (Wildman–Crippen MR) is 199 cm³/mol. The van der Waals surface area contributed by atoms with Gasteiger partial charge in [0.05, 0.1) is 25.6 Å². The van der Waals surface area contributed by atoms with Crippen molar-refractivity contribution < 1.29 is 43.1 Å². The Hall–Kier alpha value is -4.66. The van der Waals surface area contributed by atoms with Gasteiger partial charge in [-0.25, -0.2) is 0 Å². The molecule has 1 heterocycles. The van der Waals surface area contributed by atoms with Crippen LogP contribution in [0.2, 0.25) is 0 Å². The molecule has 2 aliphatic rings. The van der Waals surface area contributed by atoms with Crippen molar-refractivity contribution in [1.82, 2.24) is 31.5 Å². The second kappa shape index (κ2) is 20.1. The number of imide groups is 1. The van der Waals surface area contributed by atoms with Gasteiger partial charge in [-0.2, -0.15) is 0 Å². The number of hydrogen-bond acceptors (Lipinski definition) is 9. The van der Waals surface area contributed by atoms with Crippen molar-refractivity contribution in [3.63, 3.8) is 0 Å². The van der Waals surface area contributed by atoms with E-state index in [1.54, 1.807) is 24.3 Å². The highest BCUT2D eigenvalue weighted by molar-refractivity contribution is 6.03. The molecule has 5 N–H and O–H groups in total. The van der Waals surface area contributed by atoms with Crippen molar-refractivity contribution in [1.29, 1.82) is 0 Å². The molecule has 1 aromatic carbocycles. The van der Waals surface area contributed by atoms with E-state index in [-0.39, 0.29) is 73.3 Å². The van der Waals surface area contributed by atoms with E-state index in [1.165, 1.54) is 4.90 Å². The molecule has 0 spiro atoms. The Bertz CT molecular complexity index is 1510. The molecular formula is C39H58N6O9. The summed E-state index contributed by atoms with van der Waals surface area (Å²) < 4.78 is 5.72. The van der Waals surface area contributed by atoms with Crippen molar-refractivity contribution in [3.8, 4) is 0 Å². The molecule has 298 valence electrons. The molecule has 54 heavy (non-hydrogen) atoms. The van der Waals surface area contributed by atoms with Crippen LogP contribution in [-0.4, -0.2) is 97.1 Å². The number of rotatable bonds is 21. The lowest BCUT2D eigenvalue weighted by Crippen LogP contribution is -2.52. The van der Waals surface area contributed by atoms with E-state index in [1.807, 2.05) is 47.6 Å². The zero-order valence-electron chi connectivity index (χ0n) is 32.5. The van der Waals surface area contributed by atoms with Gasteiger partial charge in [-0.1, -0.05) is 78.3 Å². The molecule has 15 nitrogen and oxygen atoms in total. The third-order valence-corrected chi connectivity index (χ3v) is 9.40. The molecule has 1 aromatic rings. The lowest BCUT2D eigenvalue weighted by atomic mass is 9.80. The topological polar surface area (TPSA) is 209 Å². The summed E-state index contributed by atoms with van der Waals surface area (Å²) >= 11 is 0. The number of likely N-dealkylation sites (tertiary alicyclic amines) is 1. The molecule has 7 amide bonds. The summed E-state index contributed by atoms with van der Waals surface area (Å²) in [5.74, 6) is -3.28. The van der Waals surface area contributed by atoms with Gasteiger partial charge in [0.2, 0.25) is 41.4 Å². The molecule has 0 radical (unpaired) electrons. The first-order valence-electron chi connectivity index (χ1n) is 18.8. The summed E-state index contributed by atoms with van der Waals surface area (Å²) in [5.41, 5.74) is -0.112. The third-order valence-electron chi connectivity index (χ3n) is 9.40. The number of benzene rings is 1. The largest absolute Gasteiger partial charge is 0.350 e. The molecular weight excluding hydrogens is 696 g/mol. The quantitative estimate of drug-likeness (QED) is 0.0700. The first kappa shape index (κ1) is 43.7. The summed E-state index contributed by atoms with van der Waals surface area (Å²) in [5, 5.41) is 12.6. The lowest BCUT2D eigenvalue weighted by molar-refractivity contribution is -0.142. The summed E-state index contributed by atoms with van der Waals surface area (Å²) in [6.07, 6.45) is 3.37. The second-order valence-corrected chi connectivity index (χ2v) is 16.2. The summed E-state index contributed by atoms with van der Waals surface area (Å²) in [4.78, 5) is 102. The zero-order valence-corrected chi connectivity index (χ0v) is 32.5. The van der Waals surface area contributed by atoms with Crippen LogP contribution >= 0.6 is 0 Å². The Morgan fingerprint density at radius 1 is 0.778 bits per heavy atom. The van der Waals surface area contributed by atoms with Crippen molar-refractivity contribution in [2.75, 3.05) is 32.9 Å². The highest BCUT2D eigenvalue weighted by Gasteiger charge is 2.44. The number of nitrogens with zero attached hydrogens (tertiary/aromatic N) is 1. The molecule has 1 saturated heterocycles. The fourth-order valence-electron chi connectivity index (χ4n) is 5.96. The van der Waals surface area contributed by atoms with Crippen LogP contribution in [0.25, 0.3) is 0 Å². The third kappa shape index (κ3) is 14.6. The number of ketones is 1. The van der Waals surface area contributed by atoms with Crippen LogP contribution in [-0.2, 0) is 49.5 Å². The summed E-state index contributed by atoms with van der Waals surface area (Å²) in [6, 6.07) is 7.89. The predicted octanol–water partition coefficient (Wildman–Crippen LogP) is 1.53. The van der Waals surface area contributed by atoms with Crippen LogP contribution in [0.4, 0.5) is 0 Å². The average molecular weight is 755 g/mol. The van der Waals surface area contributed by atoms with E-state index in [0.717, 1.165) is 18.4 Å². The Labute approximate surface area is 317 Å². The van der Waals surface area contributed by atoms with Crippen LogP contribution in [0.5, 0.6) is 0 Å². The fourth-order valence-corrected chi connectivity index (χ4v) is 5.96. The number of nitrogens with one attached hydrogen (secondary N) is 5. The molecule has 3 rings (SSSR count). The van der Waals surface area contributed by atoms with Crippen molar-refractivity contribution in [2.45, 2.75) is 105 Å². The number of carbonyl (C=O) groups excluding carboxylic acids is 8. The van der Waals surface area contributed by atoms with Crippen molar-refractivity contribution >= 4 is 47.1 Å². The zero-order chi connectivity index (χ0) is 40.1. The van der Waals surface area contributed by atoms with Crippen LogP contribution in [0.15, 0.2) is 30.3 Å². The number of hydrogen-bond donors (Lipinski definition) is 5. The number of Topliss-reactive ketones (excluding diaryl/α,β-unsaturated/α-hetero) is 1. The highest BCUT2D eigenvalue weighted by Crippen LogP contribution is 2.38. The molecule has 3 atom stereocenters. The van der Waals surface area contributed by atoms with Gasteiger partial charge in [-0.3, -0.25) is 43.3 Å². The molecule has 1 unspecified atom stereocenters.